The van der Waals surface area contributed by atoms with Crippen molar-refractivity contribution in [2.75, 3.05) is 18.4 Å². The molecule has 0 spiro atoms. The third-order valence-corrected chi connectivity index (χ3v) is 5.09. The lowest BCUT2D eigenvalue weighted by molar-refractivity contribution is -0.121. The molecule has 5 heteroatoms. The molecular formula is C21H24ClFN2O. The fourth-order valence-electron chi connectivity index (χ4n) is 3.54. The summed E-state index contributed by atoms with van der Waals surface area (Å²) in [6, 6.07) is 10.9. The summed E-state index contributed by atoms with van der Waals surface area (Å²) < 4.78 is 13.9. The number of halogens is 2. The van der Waals surface area contributed by atoms with Gasteiger partial charge in [-0.2, -0.15) is 0 Å². The maximum Gasteiger partial charge on any atom is 0.227 e. The molecule has 3 rings (SSSR count). The Morgan fingerprint density at radius 1 is 1.15 bits per heavy atom. The maximum atomic E-state index is 13.9. The Hall–Kier alpha value is -1.91. The summed E-state index contributed by atoms with van der Waals surface area (Å²) in [6.45, 7) is 6.17. The number of amides is 1. The van der Waals surface area contributed by atoms with Crippen molar-refractivity contribution in [3.63, 3.8) is 0 Å². The highest BCUT2D eigenvalue weighted by Gasteiger charge is 2.25. The van der Waals surface area contributed by atoms with E-state index < -0.39 is 0 Å². The van der Waals surface area contributed by atoms with E-state index in [9.17, 15) is 9.18 Å². The molecule has 1 saturated heterocycles. The second-order valence-electron chi connectivity index (χ2n) is 7.15. The van der Waals surface area contributed by atoms with Gasteiger partial charge in [-0.3, -0.25) is 9.69 Å². The maximum absolute atomic E-state index is 13.9. The predicted molar refractivity (Wildman–Crippen MR) is 104 cm³/mol. The lowest BCUT2D eigenvalue weighted by atomic mass is 9.95. The van der Waals surface area contributed by atoms with Crippen molar-refractivity contribution in [2.45, 2.75) is 33.2 Å². The fourth-order valence-corrected chi connectivity index (χ4v) is 3.69. The highest BCUT2D eigenvalue weighted by Crippen LogP contribution is 2.23. The molecule has 0 saturated carbocycles. The molecule has 0 radical (unpaired) electrons. The molecule has 1 amide bonds. The smallest absolute Gasteiger partial charge is 0.227 e. The van der Waals surface area contributed by atoms with Crippen LogP contribution in [0.1, 0.15) is 29.5 Å². The van der Waals surface area contributed by atoms with Crippen LogP contribution >= 0.6 is 11.6 Å². The predicted octanol–water partition coefficient (Wildman–Crippen LogP) is 4.95. The quantitative estimate of drug-likeness (QED) is 0.821. The van der Waals surface area contributed by atoms with E-state index >= 15 is 0 Å². The molecule has 2 aromatic rings. The molecule has 0 unspecified atom stereocenters. The van der Waals surface area contributed by atoms with Crippen LogP contribution in [0.2, 0.25) is 5.02 Å². The summed E-state index contributed by atoms with van der Waals surface area (Å²) in [6.07, 6.45) is 1.57. The van der Waals surface area contributed by atoms with E-state index in [0.29, 0.717) is 17.1 Å². The number of piperidine rings is 1. The number of hydrogen-bond acceptors (Lipinski definition) is 2. The summed E-state index contributed by atoms with van der Waals surface area (Å²) in [5.74, 6) is -0.193. The Morgan fingerprint density at radius 3 is 2.42 bits per heavy atom. The molecule has 26 heavy (non-hydrogen) atoms. The summed E-state index contributed by atoms with van der Waals surface area (Å²) >= 11 is 5.80. The number of carbonyl (C=O) groups is 1. The molecular weight excluding hydrogens is 351 g/mol. The number of hydrogen-bond donors (Lipinski definition) is 1. The van der Waals surface area contributed by atoms with E-state index in [4.69, 9.17) is 11.6 Å². The first-order valence-corrected chi connectivity index (χ1v) is 9.34. The van der Waals surface area contributed by atoms with Crippen LogP contribution in [0.3, 0.4) is 0 Å². The Labute approximate surface area is 159 Å². The number of nitrogens with zero attached hydrogens (tertiary/aromatic N) is 1. The molecule has 0 atom stereocenters. The van der Waals surface area contributed by atoms with Crippen molar-refractivity contribution >= 4 is 23.2 Å². The van der Waals surface area contributed by atoms with E-state index in [1.165, 1.54) is 6.07 Å². The van der Waals surface area contributed by atoms with Gasteiger partial charge in [0.2, 0.25) is 5.91 Å². The minimum Gasteiger partial charge on any atom is -0.326 e. The van der Waals surface area contributed by atoms with Crippen LogP contribution in [0.5, 0.6) is 0 Å². The molecule has 2 aromatic carbocycles. The topological polar surface area (TPSA) is 32.3 Å². The number of rotatable bonds is 4. The van der Waals surface area contributed by atoms with Gasteiger partial charge in [0.05, 0.1) is 0 Å². The van der Waals surface area contributed by atoms with Crippen LogP contribution in [0.15, 0.2) is 36.4 Å². The molecule has 1 heterocycles. The zero-order valence-corrected chi connectivity index (χ0v) is 15.9. The van der Waals surface area contributed by atoms with E-state index in [1.54, 1.807) is 12.1 Å². The van der Waals surface area contributed by atoms with E-state index in [0.717, 1.165) is 42.7 Å². The van der Waals surface area contributed by atoms with Crippen LogP contribution in [-0.4, -0.2) is 23.9 Å². The molecule has 1 aliphatic heterocycles. The standard InChI is InChI=1S/C21H24ClFN2O/c1-14-9-15(2)11-19(10-14)24-21(26)16-5-7-25(8-6-16)13-17-3-4-18(22)12-20(17)23/h3-4,9-12,16H,5-8,13H2,1-2H3,(H,24,26). The van der Waals surface area contributed by atoms with Gasteiger partial charge in [-0.1, -0.05) is 23.7 Å². The molecule has 0 aromatic heterocycles. The van der Waals surface area contributed by atoms with Crippen LogP contribution in [0, 0.1) is 25.6 Å². The third kappa shape index (κ3) is 4.83. The minimum absolute atomic E-state index is 0.00198. The Bertz CT molecular complexity index is 780. The van der Waals surface area contributed by atoms with E-state index in [1.807, 2.05) is 26.0 Å². The number of likely N-dealkylation sites (tertiary alicyclic amines) is 1. The van der Waals surface area contributed by atoms with Crippen molar-refractivity contribution < 1.29 is 9.18 Å². The number of aryl methyl sites for hydroxylation is 2. The number of anilines is 1. The zero-order valence-electron chi connectivity index (χ0n) is 15.2. The van der Waals surface area contributed by atoms with Crippen LogP contribution in [0.25, 0.3) is 0 Å². The van der Waals surface area contributed by atoms with Crippen LogP contribution < -0.4 is 5.32 Å². The van der Waals surface area contributed by atoms with Crippen LogP contribution in [0.4, 0.5) is 10.1 Å². The van der Waals surface area contributed by atoms with Gasteiger partial charge in [-0.05, 0) is 75.2 Å². The first-order chi connectivity index (χ1) is 12.4. The van der Waals surface area contributed by atoms with E-state index in [2.05, 4.69) is 16.3 Å². The minimum atomic E-state index is -0.271. The van der Waals surface area contributed by atoms with Gasteiger partial charge >= 0.3 is 0 Å². The third-order valence-electron chi connectivity index (χ3n) is 4.86. The molecule has 1 N–H and O–H groups in total. The SMILES string of the molecule is Cc1cc(C)cc(NC(=O)C2CCN(Cc3ccc(Cl)cc3F)CC2)c1. The van der Waals surface area contributed by atoms with E-state index in [-0.39, 0.29) is 17.6 Å². The van der Waals surface area contributed by atoms with Crippen molar-refractivity contribution in [3.8, 4) is 0 Å². The molecule has 1 aliphatic rings. The molecule has 1 fully saturated rings. The average molecular weight is 375 g/mol. The van der Waals surface area contributed by atoms with Gasteiger partial charge in [0, 0.05) is 28.7 Å². The monoisotopic (exact) mass is 374 g/mol. The normalized spacial score (nSPS) is 15.8. The van der Waals surface area contributed by atoms with Gasteiger partial charge in [0.25, 0.3) is 0 Å². The van der Waals surface area contributed by atoms with Gasteiger partial charge in [-0.15, -0.1) is 0 Å². The second-order valence-corrected chi connectivity index (χ2v) is 7.59. The fraction of sp³-hybridized carbons (Fsp3) is 0.381. The van der Waals surface area contributed by atoms with Crippen molar-refractivity contribution in [1.82, 2.24) is 4.90 Å². The van der Waals surface area contributed by atoms with Gasteiger partial charge in [0.15, 0.2) is 0 Å². The lowest BCUT2D eigenvalue weighted by Gasteiger charge is -2.31. The Balaban J connectivity index is 1.53. The molecule has 138 valence electrons. The van der Waals surface area contributed by atoms with Gasteiger partial charge in [0.1, 0.15) is 5.82 Å². The summed E-state index contributed by atoms with van der Waals surface area (Å²) in [5, 5.41) is 3.45. The highest BCUT2D eigenvalue weighted by molar-refractivity contribution is 6.30. The van der Waals surface area contributed by atoms with Crippen molar-refractivity contribution in [1.29, 1.82) is 0 Å². The van der Waals surface area contributed by atoms with Gasteiger partial charge in [-0.25, -0.2) is 4.39 Å². The first kappa shape index (κ1) is 18.9. The number of benzene rings is 2. The summed E-state index contributed by atoms with van der Waals surface area (Å²) in [5.41, 5.74) is 3.78. The lowest BCUT2D eigenvalue weighted by Crippen LogP contribution is -2.37. The first-order valence-electron chi connectivity index (χ1n) is 8.96. The second kappa shape index (κ2) is 8.19. The average Bonchev–Trinajstić information content (AvgIpc) is 2.57. The molecule has 0 bridgehead atoms. The summed E-state index contributed by atoms with van der Waals surface area (Å²) in [7, 11) is 0. The van der Waals surface area contributed by atoms with Gasteiger partial charge < -0.3 is 5.32 Å². The molecule has 0 aliphatic carbocycles. The van der Waals surface area contributed by atoms with Crippen LogP contribution in [-0.2, 0) is 11.3 Å². The Morgan fingerprint density at radius 2 is 1.81 bits per heavy atom. The molecule has 3 nitrogen and oxygen atoms in total. The largest absolute Gasteiger partial charge is 0.326 e. The van der Waals surface area contributed by atoms with Crippen molar-refractivity contribution in [3.05, 3.63) is 63.9 Å². The van der Waals surface area contributed by atoms with Crippen molar-refractivity contribution in [2.24, 2.45) is 5.92 Å². The summed E-state index contributed by atoms with van der Waals surface area (Å²) in [4.78, 5) is 14.7. The Kier molecular flexibility index (Phi) is 5.94. The zero-order chi connectivity index (χ0) is 18.7. The number of carbonyl (C=O) groups excluding carboxylic acids is 1. The highest BCUT2D eigenvalue weighted by atomic mass is 35.5. The number of nitrogens with one attached hydrogen (secondary N) is 1.